The average Bonchev–Trinajstić information content (AvgIpc) is 2.90. The van der Waals surface area contributed by atoms with Gasteiger partial charge in [0.25, 0.3) is 11.8 Å². The van der Waals surface area contributed by atoms with Gasteiger partial charge in [0.15, 0.2) is 6.61 Å². The molecule has 0 atom stereocenters. The number of nitrogens with one attached hydrogen (secondary N) is 1. The maximum atomic E-state index is 12.2. The minimum absolute atomic E-state index is 0.0825. The Balaban J connectivity index is 2.15. The van der Waals surface area contributed by atoms with E-state index < -0.39 is 17.8 Å². The van der Waals surface area contributed by atoms with Gasteiger partial charge in [0.2, 0.25) is 0 Å². The van der Waals surface area contributed by atoms with Gasteiger partial charge in [-0.15, -0.1) is 11.3 Å². The number of benzene rings is 1. The molecule has 0 saturated carbocycles. The molecular formula is C18H19ClN2O5S. The van der Waals surface area contributed by atoms with E-state index in [2.05, 4.69) is 5.32 Å². The van der Waals surface area contributed by atoms with E-state index >= 15 is 0 Å². The van der Waals surface area contributed by atoms with Crippen LogP contribution < -0.4 is 15.8 Å². The summed E-state index contributed by atoms with van der Waals surface area (Å²) in [6.07, 6.45) is 0. The molecule has 7 nitrogen and oxygen atoms in total. The SMILES string of the molecule is CCOC(=O)c1sc(NC(=O)COc2ccc(Cl)cc2C)c(C(N)=O)c1C. The molecule has 2 aromatic rings. The van der Waals surface area contributed by atoms with Gasteiger partial charge in [0.1, 0.15) is 15.6 Å². The van der Waals surface area contributed by atoms with Crippen molar-refractivity contribution >= 4 is 45.7 Å². The molecule has 0 aliphatic carbocycles. The van der Waals surface area contributed by atoms with Crippen molar-refractivity contribution in [1.29, 1.82) is 0 Å². The van der Waals surface area contributed by atoms with Crippen LogP contribution in [0.15, 0.2) is 18.2 Å². The summed E-state index contributed by atoms with van der Waals surface area (Å²) >= 11 is 6.82. The highest BCUT2D eigenvalue weighted by atomic mass is 35.5. The Labute approximate surface area is 165 Å². The van der Waals surface area contributed by atoms with Crippen LogP contribution in [0.5, 0.6) is 5.75 Å². The predicted octanol–water partition coefficient (Wildman–Crippen LogP) is 3.31. The van der Waals surface area contributed by atoms with E-state index in [1.807, 2.05) is 0 Å². The van der Waals surface area contributed by atoms with Crippen molar-refractivity contribution in [2.45, 2.75) is 20.8 Å². The highest BCUT2D eigenvalue weighted by Gasteiger charge is 2.25. The Morgan fingerprint density at radius 1 is 1.26 bits per heavy atom. The van der Waals surface area contributed by atoms with Crippen molar-refractivity contribution in [3.63, 3.8) is 0 Å². The molecule has 0 radical (unpaired) electrons. The van der Waals surface area contributed by atoms with Gasteiger partial charge in [-0.3, -0.25) is 9.59 Å². The van der Waals surface area contributed by atoms with Crippen LogP contribution in [0.1, 0.15) is 38.1 Å². The second-order valence-electron chi connectivity index (χ2n) is 5.59. The van der Waals surface area contributed by atoms with Crippen LogP contribution in [0.3, 0.4) is 0 Å². The van der Waals surface area contributed by atoms with Crippen LogP contribution in [-0.2, 0) is 9.53 Å². The molecule has 9 heteroatoms. The first-order valence-corrected chi connectivity index (χ1v) is 9.23. The number of amides is 2. The minimum atomic E-state index is -0.746. The molecule has 0 spiro atoms. The fourth-order valence-corrected chi connectivity index (χ4v) is 3.72. The minimum Gasteiger partial charge on any atom is -0.483 e. The lowest BCUT2D eigenvalue weighted by Gasteiger charge is -2.09. The van der Waals surface area contributed by atoms with Crippen molar-refractivity contribution < 1.29 is 23.9 Å². The molecule has 0 aliphatic rings. The molecule has 0 bridgehead atoms. The molecule has 1 aromatic carbocycles. The number of carbonyl (C=O) groups is 3. The first-order chi connectivity index (χ1) is 12.7. The van der Waals surface area contributed by atoms with Crippen molar-refractivity contribution in [2.75, 3.05) is 18.5 Å². The molecule has 144 valence electrons. The number of ether oxygens (including phenoxy) is 2. The number of carbonyl (C=O) groups excluding carboxylic acids is 3. The van der Waals surface area contributed by atoms with Gasteiger partial charge in [0.05, 0.1) is 12.2 Å². The molecule has 0 aliphatic heterocycles. The fraction of sp³-hybridized carbons (Fsp3) is 0.278. The number of nitrogens with two attached hydrogens (primary N) is 1. The average molecular weight is 411 g/mol. The lowest BCUT2D eigenvalue weighted by Crippen LogP contribution is -2.22. The van der Waals surface area contributed by atoms with Crippen LogP contribution in [-0.4, -0.2) is 31.0 Å². The molecule has 2 amide bonds. The van der Waals surface area contributed by atoms with E-state index in [4.69, 9.17) is 26.8 Å². The zero-order valence-corrected chi connectivity index (χ0v) is 16.6. The van der Waals surface area contributed by atoms with Gasteiger partial charge in [-0.05, 0) is 50.1 Å². The van der Waals surface area contributed by atoms with E-state index in [0.29, 0.717) is 16.3 Å². The molecule has 0 fully saturated rings. The number of anilines is 1. The summed E-state index contributed by atoms with van der Waals surface area (Å²) in [4.78, 5) is 36.2. The Hall–Kier alpha value is -2.58. The van der Waals surface area contributed by atoms with Gasteiger partial charge < -0.3 is 20.5 Å². The second-order valence-corrected chi connectivity index (χ2v) is 7.05. The third-order valence-corrected chi connectivity index (χ3v) is 5.03. The smallest absolute Gasteiger partial charge is 0.348 e. The van der Waals surface area contributed by atoms with Crippen LogP contribution in [0.2, 0.25) is 5.02 Å². The highest BCUT2D eigenvalue weighted by molar-refractivity contribution is 7.18. The van der Waals surface area contributed by atoms with Crippen molar-refractivity contribution in [3.8, 4) is 5.75 Å². The maximum absolute atomic E-state index is 12.2. The van der Waals surface area contributed by atoms with Crippen LogP contribution >= 0.6 is 22.9 Å². The predicted molar refractivity (Wildman–Crippen MR) is 104 cm³/mol. The van der Waals surface area contributed by atoms with Crippen molar-refractivity contribution in [3.05, 3.63) is 44.8 Å². The number of rotatable bonds is 7. The zero-order chi connectivity index (χ0) is 20.1. The summed E-state index contributed by atoms with van der Waals surface area (Å²) in [5.74, 6) is -1.30. The summed E-state index contributed by atoms with van der Waals surface area (Å²) in [7, 11) is 0. The molecular weight excluding hydrogens is 392 g/mol. The summed E-state index contributed by atoms with van der Waals surface area (Å²) in [6.45, 7) is 4.96. The lowest BCUT2D eigenvalue weighted by molar-refractivity contribution is -0.118. The monoisotopic (exact) mass is 410 g/mol. The number of hydrogen-bond acceptors (Lipinski definition) is 6. The van der Waals surface area contributed by atoms with Crippen LogP contribution in [0.25, 0.3) is 0 Å². The van der Waals surface area contributed by atoms with Crippen LogP contribution in [0.4, 0.5) is 5.00 Å². The lowest BCUT2D eigenvalue weighted by atomic mass is 10.1. The fourth-order valence-electron chi connectivity index (χ4n) is 2.37. The number of halogens is 1. The molecule has 1 aromatic heterocycles. The molecule has 3 N–H and O–H groups in total. The number of thiophene rings is 1. The quantitative estimate of drug-likeness (QED) is 0.681. The van der Waals surface area contributed by atoms with E-state index in [0.717, 1.165) is 16.9 Å². The van der Waals surface area contributed by atoms with Gasteiger partial charge in [-0.25, -0.2) is 4.79 Å². The third kappa shape index (κ3) is 4.99. The van der Waals surface area contributed by atoms with Gasteiger partial charge in [0, 0.05) is 5.02 Å². The number of aryl methyl sites for hydroxylation is 1. The molecule has 1 heterocycles. The Morgan fingerprint density at radius 3 is 2.56 bits per heavy atom. The molecule has 27 heavy (non-hydrogen) atoms. The maximum Gasteiger partial charge on any atom is 0.348 e. The third-order valence-electron chi connectivity index (χ3n) is 3.60. The van der Waals surface area contributed by atoms with Crippen molar-refractivity contribution in [1.82, 2.24) is 0 Å². The van der Waals surface area contributed by atoms with E-state index in [-0.39, 0.29) is 28.7 Å². The number of primary amides is 1. The van der Waals surface area contributed by atoms with Crippen molar-refractivity contribution in [2.24, 2.45) is 5.73 Å². The van der Waals surface area contributed by atoms with Crippen LogP contribution in [0, 0.1) is 13.8 Å². The Bertz CT molecular complexity index is 894. The molecule has 0 unspecified atom stereocenters. The van der Waals surface area contributed by atoms with Gasteiger partial charge in [-0.2, -0.15) is 0 Å². The number of esters is 1. The normalized spacial score (nSPS) is 10.4. The molecule has 2 rings (SSSR count). The summed E-state index contributed by atoms with van der Waals surface area (Å²) in [5.41, 5.74) is 6.63. The van der Waals surface area contributed by atoms with E-state index in [1.54, 1.807) is 39.0 Å². The first-order valence-electron chi connectivity index (χ1n) is 8.03. The first kappa shape index (κ1) is 20.7. The Morgan fingerprint density at radius 2 is 1.96 bits per heavy atom. The van der Waals surface area contributed by atoms with E-state index in [9.17, 15) is 14.4 Å². The summed E-state index contributed by atoms with van der Waals surface area (Å²) in [5, 5.41) is 3.32. The van der Waals surface area contributed by atoms with Gasteiger partial charge in [-0.1, -0.05) is 11.6 Å². The molecule has 0 saturated heterocycles. The standard InChI is InChI=1S/C18H19ClN2O5S/c1-4-25-18(24)15-10(3)14(16(20)23)17(27-15)21-13(22)8-26-12-6-5-11(19)7-9(12)2/h5-7H,4,8H2,1-3H3,(H2,20,23)(H,21,22). The number of hydrogen-bond donors (Lipinski definition) is 2. The topological polar surface area (TPSA) is 108 Å². The largest absolute Gasteiger partial charge is 0.483 e. The Kier molecular flexibility index (Phi) is 6.81. The summed E-state index contributed by atoms with van der Waals surface area (Å²) < 4.78 is 10.4. The zero-order valence-electron chi connectivity index (χ0n) is 15.1. The second kappa shape index (κ2) is 8.88. The van der Waals surface area contributed by atoms with Gasteiger partial charge >= 0.3 is 5.97 Å². The highest BCUT2D eigenvalue weighted by Crippen LogP contribution is 2.33. The summed E-state index contributed by atoms with van der Waals surface area (Å²) in [6, 6.07) is 5.03. The van der Waals surface area contributed by atoms with E-state index in [1.165, 1.54) is 0 Å².